The Bertz CT molecular complexity index is 919. The molecule has 6 nitrogen and oxygen atoms in total. The predicted octanol–water partition coefficient (Wildman–Crippen LogP) is 2.17. The van der Waals surface area contributed by atoms with E-state index in [2.05, 4.69) is 15.5 Å². The fourth-order valence-corrected chi connectivity index (χ4v) is 3.23. The van der Waals surface area contributed by atoms with Crippen LogP contribution in [0.3, 0.4) is 0 Å². The summed E-state index contributed by atoms with van der Waals surface area (Å²) in [6.45, 7) is 1.97. The number of carbonyl (C=O) groups excluding carboxylic acids is 1. The molecule has 2 heterocycles. The summed E-state index contributed by atoms with van der Waals surface area (Å²) in [6.07, 6.45) is 2.10. The van der Waals surface area contributed by atoms with Gasteiger partial charge in [0, 0.05) is 12.6 Å². The number of benzene rings is 1. The van der Waals surface area contributed by atoms with E-state index in [0.717, 1.165) is 22.2 Å². The molecule has 122 valence electrons. The number of amides is 1. The zero-order chi connectivity index (χ0) is 16.7. The van der Waals surface area contributed by atoms with Crippen molar-refractivity contribution in [1.29, 1.82) is 0 Å². The molecule has 2 aromatic heterocycles. The molecule has 6 heteroatoms. The Morgan fingerprint density at radius 3 is 3.08 bits per heavy atom. The van der Waals surface area contributed by atoms with Gasteiger partial charge in [0.25, 0.3) is 11.6 Å². The molecule has 24 heavy (non-hydrogen) atoms. The van der Waals surface area contributed by atoms with E-state index >= 15 is 0 Å². The predicted molar refractivity (Wildman–Crippen MR) is 87.5 cm³/mol. The number of aliphatic hydroxyl groups is 1. The average molecular weight is 323 g/mol. The van der Waals surface area contributed by atoms with Gasteiger partial charge >= 0.3 is 0 Å². The Balaban J connectivity index is 1.63. The first-order chi connectivity index (χ1) is 11.7. The van der Waals surface area contributed by atoms with Crippen LogP contribution >= 0.6 is 0 Å². The molecule has 3 aromatic rings. The lowest BCUT2D eigenvalue weighted by Crippen LogP contribution is -2.33. The van der Waals surface area contributed by atoms with Gasteiger partial charge < -0.3 is 14.9 Å². The number of aryl methyl sites for hydroxylation is 1. The molecule has 2 N–H and O–H groups in total. The number of carbonyl (C=O) groups is 1. The highest BCUT2D eigenvalue weighted by Crippen LogP contribution is 2.31. The highest BCUT2D eigenvalue weighted by molar-refractivity contribution is 5.97. The smallest absolute Gasteiger partial charge is 0.257 e. The van der Waals surface area contributed by atoms with E-state index in [1.165, 1.54) is 6.20 Å². The van der Waals surface area contributed by atoms with Crippen molar-refractivity contribution in [3.8, 4) is 0 Å². The number of hydrogen-bond donors (Lipinski definition) is 2. The third kappa shape index (κ3) is 2.35. The lowest BCUT2D eigenvalue weighted by Gasteiger charge is -2.17. The number of nitrogens with zero attached hydrogens (tertiary/aromatic N) is 2. The van der Waals surface area contributed by atoms with E-state index in [-0.39, 0.29) is 5.91 Å². The second kappa shape index (κ2) is 5.72. The molecule has 0 fully saturated rings. The molecule has 0 aliphatic heterocycles. The molecule has 4 rings (SSSR count). The van der Waals surface area contributed by atoms with Crippen LogP contribution in [0.1, 0.15) is 40.1 Å². The monoisotopic (exact) mass is 323 g/mol. The van der Waals surface area contributed by atoms with E-state index in [0.29, 0.717) is 24.1 Å². The van der Waals surface area contributed by atoms with Crippen molar-refractivity contribution in [3.63, 3.8) is 0 Å². The zero-order valence-electron chi connectivity index (χ0n) is 13.2. The number of nitrogens with one attached hydrogen (secondary N) is 1. The summed E-state index contributed by atoms with van der Waals surface area (Å²) in [5, 5.41) is 17.9. The minimum atomic E-state index is -0.621. The van der Waals surface area contributed by atoms with Crippen molar-refractivity contribution in [1.82, 2.24) is 15.5 Å². The Kier molecular flexibility index (Phi) is 3.54. The molecule has 0 saturated heterocycles. The van der Waals surface area contributed by atoms with Crippen LogP contribution < -0.4 is 5.32 Å². The summed E-state index contributed by atoms with van der Waals surface area (Å²) in [6, 6.07) is 9.09. The summed E-state index contributed by atoms with van der Waals surface area (Å²) >= 11 is 0. The van der Waals surface area contributed by atoms with Gasteiger partial charge in [0.2, 0.25) is 0 Å². The lowest BCUT2D eigenvalue weighted by molar-refractivity contribution is 0.0858. The summed E-state index contributed by atoms with van der Waals surface area (Å²) in [5.74, 6) is -0.270. The number of hydrogen-bond acceptors (Lipinski definition) is 5. The second-order valence-corrected chi connectivity index (χ2v) is 5.98. The third-order valence-electron chi connectivity index (χ3n) is 4.49. The number of fused-ring (bicyclic) bond motifs is 2. The van der Waals surface area contributed by atoms with E-state index in [1.807, 2.05) is 31.2 Å². The Labute approximate surface area is 138 Å². The van der Waals surface area contributed by atoms with Gasteiger partial charge in [0.15, 0.2) is 0 Å². The largest absolute Gasteiger partial charge is 0.390 e. The maximum atomic E-state index is 12.6. The lowest BCUT2D eigenvalue weighted by atomic mass is 10.1. The summed E-state index contributed by atoms with van der Waals surface area (Å²) < 4.78 is 5.14. The standard InChI is InChI=1S/C18H17N3O3/c1-2-14-13-7-11(9-19-18(13)24-21-14)17(23)20-16-12-6-4-3-5-10(12)8-15(16)22/h3-7,9,15-16,22H,2,8H2,1H3,(H,20,23)/t15-,16+/m1/s1. The molecular formula is C18H17N3O3. The normalized spacial score (nSPS) is 19.4. The Hall–Kier alpha value is -2.73. The van der Waals surface area contributed by atoms with Crippen molar-refractivity contribution >= 4 is 17.0 Å². The molecule has 0 saturated carbocycles. The van der Waals surface area contributed by atoms with Gasteiger partial charge in [-0.3, -0.25) is 4.79 Å². The van der Waals surface area contributed by atoms with Crippen LogP contribution in [-0.4, -0.2) is 27.3 Å². The molecule has 0 spiro atoms. The maximum Gasteiger partial charge on any atom is 0.257 e. The molecule has 1 aliphatic rings. The van der Waals surface area contributed by atoms with E-state index in [4.69, 9.17) is 4.52 Å². The Morgan fingerprint density at radius 1 is 1.42 bits per heavy atom. The summed E-state index contributed by atoms with van der Waals surface area (Å²) in [4.78, 5) is 16.8. The van der Waals surface area contributed by atoms with Crippen LogP contribution in [-0.2, 0) is 12.8 Å². The molecule has 0 unspecified atom stereocenters. The van der Waals surface area contributed by atoms with Crippen molar-refractivity contribution in [2.75, 3.05) is 0 Å². The molecule has 1 aromatic carbocycles. The molecule has 2 atom stereocenters. The number of aromatic nitrogens is 2. The van der Waals surface area contributed by atoms with Crippen LogP contribution in [0.2, 0.25) is 0 Å². The van der Waals surface area contributed by atoms with Crippen LogP contribution in [0.4, 0.5) is 0 Å². The van der Waals surface area contributed by atoms with Crippen LogP contribution in [0.15, 0.2) is 41.1 Å². The topological polar surface area (TPSA) is 88.2 Å². The van der Waals surface area contributed by atoms with Crippen molar-refractivity contribution in [3.05, 3.63) is 58.9 Å². The van der Waals surface area contributed by atoms with Crippen LogP contribution in [0, 0.1) is 0 Å². The summed E-state index contributed by atoms with van der Waals surface area (Å²) in [5.41, 5.74) is 3.66. The average Bonchev–Trinajstić information content (AvgIpc) is 3.15. The minimum Gasteiger partial charge on any atom is -0.390 e. The third-order valence-corrected chi connectivity index (χ3v) is 4.49. The van der Waals surface area contributed by atoms with Gasteiger partial charge in [-0.1, -0.05) is 36.3 Å². The van der Waals surface area contributed by atoms with Crippen molar-refractivity contribution in [2.45, 2.75) is 31.9 Å². The minimum absolute atomic E-state index is 0.270. The molecular weight excluding hydrogens is 306 g/mol. The molecule has 1 amide bonds. The first kappa shape index (κ1) is 14.8. The SMILES string of the molecule is CCc1noc2ncc(C(=O)N[C@H]3c4ccccc4C[C@H]3O)cc12. The first-order valence-electron chi connectivity index (χ1n) is 7.98. The fraction of sp³-hybridized carbons (Fsp3) is 0.278. The molecule has 1 aliphatic carbocycles. The number of aliphatic hydroxyl groups excluding tert-OH is 1. The van der Waals surface area contributed by atoms with Crippen molar-refractivity contribution < 1.29 is 14.4 Å². The highest BCUT2D eigenvalue weighted by atomic mass is 16.5. The van der Waals surface area contributed by atoms with Gasteiger partial charge in [-0.25, -0.2) is 4.98 Å². The highest BCUT2D eigenvalue weighted by Gasteiger charge is 2.32. The van der Waals surface area contributed by atoms with Gasteiger partial charge in [0.1, 0.15) is 0 Å². The van der Waals surface area contributed by atoms with E-state index < -0.39 is 12.1 Å². The second-order valence-electron chi connectivity index (χ2n) is 5.98. The summed E-state index contributed by atoms with van der Waals surface area (Å²) in [7, 11) is 0. The fourth-order valence-electron chi connectivity index (χ4n) is 3.23. The van der Waals surface area contributed by atoms with E-state index in [1.54, 1.807) is 6.07 Å². The van der Waals surface area contributed by atoms with E-state index in [9.17, 15) is 9.90 Å². The Morgan fingerprint density at radius 2 is 2.25 bits per heavy atom. The maximum absolute atomic E-state index is 12.6. The van der Waals surface area contributed by atoms with Crippen LogP contribution in [0.25, 0.3) is 11.1 Å². The van der Waals surface area contributed by atoms with Crippen LogP contribution in [0.5, 0.6) is 0 Å². The first-order valence-corrected chi connectivity index (χ1v) is 7.98. The zero-order valence-corrected chi connectivity index (χ0v) is 13.2. The quantitative estimate of drug-likeness (QED) is 0.771. The van der Waals surface area contributed by atoms with Gasteiger partial charge in [-0.15, -0.1) is 0 Å². The number of rotatable bonds is 3. The molecule has 0 bridgehead atoms. The number of pyridine rings is 1. The van der Waals surface area contributed by atoms with Gasteiger partial charge in [0.05, 0.1) is 28.8 Å². The van der Waals surface area contributed by atoms with Gasteiger partial charge in [-0.2, -0.15) is 0 Å². The molecule has 0 radical (unpaired) electrons. The van der Waals surface area contributed by atoms with Crippen molar-refractivity contribution in [2.24, 2.45) is 0 Å². The van der Waals surface area contributed by atoms with Gasteiger partial charge in [-0.05, 0) is 23.6 Å².